The van der Waals surface area contributed by atoms with Crippen LogP contribution in [0.4, 0.5) is 5.69 Å². The molecule has 0 saturated carbocycles. The molecule has 5 nitrogen and oxygen atoms in total. The van der Waals surface area contributed by atoms with Gasteiger partial charge in [-0.3, -0.25) is 9.59 Å². The van der Waals surface area contributed by atoms with E-state index in [1.807, 2.05) is 0 Å². The van der Waals surface area contributed by atoms with Gasteiger partial charge in [0.15, 0.2) is 0 Å². The number of carbonyl (C=O) groups excluding carboxylic acids is 2. The van der Waals surface area contributed by atoms with Crippen LogP contribution in [0.15, 0.2) is 18.2 Å². The number of carbonyl (C=O) groups is 2. The van der Waals surface area contributed by atoms with Crippen LogP contribution in [0.1, 0.15) is 6.42 Å². The molecule has 1 aromatic carbocycles. The number of amides is 2. The molecule has 0 aromatic heterocycles. The molecule has 114 valence electrons. The lowest BCUT2D eigenvalue weighted by Gasteiger charge is -2.32. The number of nitrogens with zero attached hydrogens (tertiary/aromatic N) is 2. The molecule has 21 heavy (non-hydrogen) atoms. The van der Waals surface area contributed by atoms with E-state index in [2.05, 4.69) is 5.32 Å². The van der Waals surface area contributed by atoms with E-state index in [4.69, 9.17) is 23.2 Å². The van der Waals surface area contributed by atoms with Crippen LogP contribution in [0.2, 0.25) is 10.0 Å². The van der Waals surface area contributed by atoms with E-state index in [1.54, 1.807) is 28.0 Å². The maximum Gasteiger partial charge on any atom is 0.224 e. The maximum atomic E-state index is 12.0. The largest absolute Gasteiger partial charge is 0.384 e. The molecule has 2 rings (SSSR count). The molecule has 1 saturated heterocycles. The smallest absolute Gasteiger partial charge is 0.224 e. The molecule has 0 aliphatic carbocycles. The lowest BCUT2D eigenvalue weighted by atomic mass is 10.2. The summed E-state index contributed by atoms with van der Waals surface area (Å²) in [7, 11) is 0. The van der Waals surface area contributed by atoms with Crippen molar-refractivity contribution in [3.05, 3.63) is 28.2 Å². The molecule has 1 aliphatic heterocycles. The standard InChI is InChI=1S/C14H17Cl2N3O2/c15-11-7-12(16)9-13(8-11)17-2-1-14(21)19-5-3-18(10-20)4-6-19/h7-10,17H,1-6H2. The molecule has 0 bridgehead atoms. The number of nitrogens with one attached hydrogen (secondary N) is 1. The molecule has 1 aliphatic rings. The van der Waals surface area contributed by atoms with Gasteiger partial charge in [0.05, 0.1) is 0 Å². The Balaban J connectivity index is 1.75. The number of piperazine rings is 1. The Morgan fingerprint density at radius 1 is 1.14 bits per heavy atom. The summed E-state index contributed by atoms with van der Waals surface area (Å²) in [6, 6.07) is 5.19. The van der Waals surface area contributed by atoms with Crippen LogP contribution < -0.4 is 5.32 Å². The summed E-state index contributed by atoms with van der Waals surface area (Å²) in [4.78, 5) is 26.1. The van der Waals surface area contributed by atoms with Gasteiger partial charge < -0.3 is 15.1 Å². The van der Waals surface area contributed by atoms with Crippen molar-refractivity contribution in [3.63, 3.8) is 0 Å². The molecule has 0 spiro atoms. The molecular weight excluding hydrogens is 313 g/mol. The van der Waals surface area contributed by atoms with Crippen LogP contribution in [0, 0.1) is 0 Å². The molecule has 0 radical (unpaired) electrons. The molecule has 0 atom stereocenters. The monoisotopic (exact) mass is 329 g/mol. The fourth-order valence-electron chi connectivity index (χ4n) is 2.20. The number of anilines is 1. The van der Waals surface area contributed by atoms with Crippen molar-refractivity contribution in [2.45, 2.75) is 6.42 Å². The fraction of sp³-hybridized carbons (Fsp3) is 0.429. The van der Waals surface area contributed by atoms with Crippen molar-refractivity contribution in [2.24, 2.45) is 0 Å². The van der Waals surface area contributed by atoms with Gasteiger partial charge in [0.2, 0.25) is 12.3 Å². The van der Waals surface area contributed by atoms with E-state index in [0.29, 0.717) is 49.2 Å². The highest BCUT2D eigenvalue weighted by molar-refractivity contribution is 6.35. The first-order chi connectivity index (χ1) is 10.1. The van der Waals surface area contributed by atoms with E-state index >= 15 is 0 Å². The van der Waals surface area contributed by atoms with Crippen molar-refractivity contribution >= 4 is 41.2 Å². The summed E-state index contributed by atoms with van der Waals surface area (Å²) in [5.41, 5.74) is 0.797. The van der Waals surface area contributed by atoms with Crippen molar-refractivity contribution in [1.29, 1.82) is 0 Å². The highest BCUT2D eigenvalue weighted by atomic mass is 35.5. The van der Waals surface area contributed by atoms with Gasteiger partial charge in [-0.15, -0.1) is 0 Å². The Bertz CT molecular complexity index is 497. The van der Waals surface area contributed by atoms with E-state index in [9.17, 15) is 9.59 Å². The Kier molecular flexibility index (Phi) is 5.70. The first-order valence-electron chi connectivity index (χ1n) is 6.75. The lowest BCUT2D eigenvalue weighted by Crippen LogP contribution is -2.48. The Hall–Kier alpha value is -1.46. The molecular formula is C14H17Cl2N3O2. The van der Waals surface area contributed by atoms with Crippen molar-refractivity contribution in [2.75, 3.05) is 38.0 Å². The molecule has 0 unspecified atom stereocenters. The normalized spacial score (nSPS) is 15.0. The first kappa shape index (κ1) is 15.9. The van der Waals surface area contributed by atoms with Crippen molar-refractivity contribution < 1.29 is 9.59 Å². The molecule has 7 heteroatoms. The van der Waals surface area contributed by atoms with Gasteiger partial charge in [-0.25, -0.2) is 0 Å². The Morgan fingerprint density at radius 3 is 2.33 bits per heavy atom. The SMILES string of the molecule is O=CN1CCN(C(=O)CCNc2cc(Cl)cc(Cl)c2)CC1. The second-order valence-electron chi connectivity index (χ2n) is 4.86. The summed E-state index contributed by atoms with van der Waals surface area (Å²) in [6.07, 6.45) is 1.22. The molecule has 1 fully saturated rings. The fourth-order valence-corrected chi connectivity index (χ4v) is 2.73. The van der Waals surface area contributed by atoms with Crippen LogP contribution in [0.3, 0.4) is 0 Å². The average molecular weight is 330 g/mol. The van der Waals surface area contributed by atoms with Gasteiger partial charge >= 0.3 is 0 Å². The topological polar surface area (TPSA) is 52.7 Å². The minimum Gasteiger partial charge on any atom is -0.384 e. The average Bonchev–Trinajstić information content (AvgIpc) is 2.46. The van der Waals surface area contributed by atoms with E-state index in [1.165, 1.54) is 0 Å². The van der Waals surface area contributed by atoms with Crippen LogP contribution in [-0.4, -0.2) is 54.8 Å². The van der Waals surface area contributed by atoms with Crippen LogP contribution in [0.25, 0.3) is 0 Å². The zero-order valence-electron chi connectivity index (χ0n) is 11.5. The van der Waals surface area contributed by atoms with E-state index in [0.717, 1.165) is 12.1 Å². The highest BCUT2D eigenvalue weighted by Crippen LogP contribution is 2.22. The zero-order valence-corrected chi connectivity index (χ0v) is 13.0. The van der Waals surface area contributed by atoms with Gasteiger partial charge in [0.25, 0.3) is 0 Å². The van der Waals surface area contributed by atoms with Crippen LogP contribution >= 0.6 is 23.2 Å². The van der Waals surface area contributed by atoms with Gasteiger partial charge in [-0.2, -0.15) is 0 Å². The van der Waals surface area contributed by atoms with Gasteiger partial charge in [0, 0.05) is 54.9 Å². The Morgan fingerprint density at radius 2 is 1.76 bits per heavy atom. The number of rotatable bonds is 5. The second-order valence-corrected chi connectivity index (χ2v) is 5.73. The van der Waals surface area contributed by atoms with Gasteiger partial charge in [0.1, 0.15) is 0 Å². The molecule has 1 aromatic rings. The van der Waals surface area contributed by atoms with E-state index < -0.39 is 0 Å². The lowest BCUT2D eigenvalue weighted by molar-refractivity contribution is -0.134. The number of halogens is 2. The second kappa shape index (κ2) is 7.52. The van der Waals surface area contributed by atoms with Crippen LogP contribution in [-0.2, 0) is 9.59 Å². The van der Waals surface area contributed by atoms with Gasteiger partial charge in [-0.1, -0.05) is 23.2 Å². The van der Waals surface area contributed by atoms with E-state index in [-0.39, 0.29) is 5.91 Å². The summed E-state index contributed by atoms with van der Waals surface area (Å²) in [6.45, 7) is 2.92. The predicted molar refractivity (Wildman–Crippen MR) is 83.8 cm³/mol. The summed E-state index contributed by atoms with van der Waals surface area (Å²) < 4.78 is 0. The van der Waals surface area contributed by atoms with Crippen LogP contribution in [0.5, 0.6) is 0 Å². The highest BCUT2D eigenvalue weighted by Gasteiger charge is 2.19. The third-order valence-corrected chi connectivity index (χ3v) is 3.78. The minimum atomic E-state index is 0.0844. The Labute approximate surface area is 133 Å². The molecule has 1 N–H and O–H groups in total. The minimum absolute atomic E-state index is 0.0844. The first-order valence-corrected chi connectivity index (χ1v) is 7.51. The number of hydrogen-bond donors (Lipinski definition) is 1. The summed E-state index contributed by atoms with van der Waals surface area (Å²) >= 11 is 11.8. The predicted octanol–water partition coefficient (Wildman–Crippen LogP) is 2.10. The summed E-state index contributed by atoms with van der Waals surface area (Å²) in [5, 5.41) is 4.25. The number of benzene rings is 1. The third kappa shape index (κ3) is 4.79. The molecule has 1 heterocycles. The van der Waals surface area contributed by atoms with Crippen molar-refractivity contribution in [3.8, 4) is 0 Å². The van der Waals surface area contributed by atoms with Gasteiger partial charge in [-0.05, 0) is 18.2 Å². The quantitative estimate of drug-likeness (QED) is 0.841. The zero-order chi connectivity index (χ0) is 15.2. The third-order valence-electron chi connectivity index (χ3n) is 3.35. The maximum absolute atomic E-state index is 12.0. The summed E-state index contributed by atoms with van der Waals surface area (Å²) in [5.74, 6) is 0.0844. The molecule has 2 amide bonds. The van der Waals surface area contributed by atoms with Crippen molar-refractivity contribution in [1.82, 2.24) is 9.80 Å². The number of hydrogen-bond acceptors (Lipinski definition) is 3.